The van der Waals surface area contributed by atoms with Crippen LogP contribution in [0.5, 0.6) is 0 Å². The molecule has 3 heterocycles. The van der Waals surface area contributed by atoms with Gasteiger partial charge in [0.15, 0.2) is 10.9 Å². The fourth-order valence-electron chi connectivity index (χ4n) is 2.18. The highest BCUT2D eigenvalue weighted by molar-refractivity contribution is 7.71. The van der Waals surface area contributed by atoms with E-state index in [1.54, 1.807) is 0 Å². The number of rotatable bonds is 2. The first-order valence-corrected chi connectivity index (χ1v) is 6.07. The van der Waals surface area contributed by atoms with Gasteiger partial charge in [-0.05, 0) is 0 Å². The second-order valence-electron chi connectivity index (χ2n) is 4.29. The molecule has 9 heteroatoms. The molecule has 4 atom stereocenters. The van der Waals surface area contributed by atoms with E-state index < -0.39 is 24.5 Å². The first-order chi connectivity index (χ1) is 9.13. The Balaban J connectivity index is 2.06. The number of aromatic amines is 1. The zero-order valence-electron chi connectivity index (χ0n) is 9.67. The predicted octanol–water partition coefficient (Wildman–Crippen LogP) is -0.900. The van der Waals surface area contributed by atoms with Crippen LogP contribution in [0.15, 0.2) is 12.7 Å². The number of nitrogens with zero attached hydrogens (tertiary/aromatic N) is 3. The summed E-state index contributed by atoms with van der Waals surface area (Å²) < 4.78 is 7.28. The number of aromatic nitrogens is 4. The number of aliphatic hydroxyl groups excluding tert-OH is 3. The Bertz CT molecular complexity index is 656. The van der Waals surface area contributed by atoms with E-state index in [0.29, 0.717) is 15.8 Å². The van der Waals surface area contributed by atoms with Gasteiger partial charge in [-0.15, -0.1) is 0 Å². The number of hydrogen-bond acceptors (Lipinski definition) is 7. The Hall–Kier alpha value is -1.39. The fourth-order valence-corrected chi connectivity index (χ4v) is 2.38. The van der Waals surface area contributed by atoms with Crippen LogP contribution >= 0.6 is 12.2 Å². The van der Waals surface area contributed by atoms with E-state index in [0.717, 1.165) is 0 Å². The molecule has 8 nitrogen and oxygen atoms in total. The van der Waals surface area contributed by atoms with Crippen molar-refractivity contribution in [3.63, 3.8) is 0 Å². The summed E-state index contributed by atoms with van der Waals surface area (Å²) in [7, 11) is 0. The monoisotopic (exact) mass is 284 g/mol. The van der Waals surface area contributed by atoms with Gasteiger partial charge >= 0.3 is 0 Å². The lowest BCUT2D eigenvalue weighted by Crippen LogP contribution is -2.33. The smallest absolute Gasteiger partial charge is 0.165 e. The van der Waals surface area contributed by atoms with Gasteiger partial charge in [-0.1, -0.05) is 12.2 Å². The number of fused-ring (bicyclic) bond motifs is 1. The third-order valence-electron chi connectivity index (χ3n) is 3.17. The van der Waals surface area contributed by atoms with Gasteiger partial charge in [0.2, 0.25) is 0 Å². The normalized spacial score (nSPS) is 31.1. The van der Waals surface area contributed by atoms with Crippen molar-refractivity contribution in [2.24, 2.45) is 0 Å². The number of nitrogens with one attached hydrogen (secondary N) is 1. The largest absolute Gasteiger partial charge is 0.394 e. The molecule has 0 aromatic carbocycles. The number of hydrogen-bond donors (Lipinski definition) is 4. The van der Waals surface area contributed by atoms with Crippen molar-refractivity contribution in [3.05, 3.63) is 17.3 Å². The van der Waals surface area contributed by atoms with E-state index in [1.165, 1.54) is 17.2 Å². The van der Waals surface area contributed by atoms with Gasteiger partial charge in [0.25, 0.3) is 0 Å². The minimum atomic E-state index is -1.16. The van der Waals surface area contributed by atoms with E-state index >= 15 is 0 Å². The van der Waals surface area contributed by atoms with Gasteiger partial charge in [0, 0.05) is 0 Å². The maximum absolute atomic E-state index is 9.97. The minimum absolute atomic E-state index is 0.333. The Kier molecular flexibility index (Phi) is 3.07. The Morgan fingerprint density at radius 2 is 2.16 bits per heavy atom. The summed E-state index contributed by atoms with van der Waals surface area (Å²) in [5, 5.41) is 28.8. The molecule has 3 unspecified atom stereocenters. The molecule has 1 saturated heterocycles. The van der Waals surface area contributed by atoms with Crippen LogP contribution < -0.4 is 0 Å². The number of ether oxygens (including phenoxy) is 1. The number of aliphatic hydroxyl groups is 3. The van der Waals surface area contributed by atoms with Crippen LogP contribution in [0.1, 0.15) is 6.23 Å². The molecule has 19 heavy (non-hydrogen) atoms. The lowest BCUT2D eigenvalue weighted by atomic mass is 10.1. The first kappa shape index (κ1) is 12.6. The Morgan fingerprint density at radius 3 is 2.84 bits per heavy atom. The molecule has 4 N–H and O–H groups in total. The molecule has 0 saturated carbocycles. The number of imidazole rings is 1. The van der Waals surface area contributed by atoms with Gasteiger partial charge in [-0.3, -0.25) is 4.57 Å². The average Bonchev–Trinajstić information content (AvgIpc) is 2.94. The third-order valence-corrected chi connectivity index (χ3v) is 3.47. The second kappa shape index (κ2) is 4.62. The van der Waals surface area contributed by atoms with Crippen LogP contribution in [0.3, 0.4) is 0 Å². The zero-order valence-corrected chi connectivity index (χ0v) is 10.5. The summed E-state index contributed by atoms with van der Waals surface area (Å²) in [6, 6.07) is 0. The van der Waals surface area contributed by atoms with Crippen LogP contribution in [0.2, 0.25) is 0 Å². The second-order valence-corrected chi connectivity index (χ2v) is 4.67. The molecule has 102 valence electrons. The summed E-state index contributed by atoms with van der Waals surface area (Å²) in [4.78, 5) is 10.9. The number of H-pyrrole nitrogens is 1. The molecule has 0 amide bonds. The molecule has 1 aliphatic rings. The lowest BCUT2D eigenvalue weighted by Gasteiger charge is -2.16. The third kappa shape index (κ3) is 1.86. The quantitative estimate of drug-likeness (QED) is 0.528. The standard InChI is InChI=1S/C10H12N4O4S/c15-1-4-6(16)7(17)10(18-4)14-3-13-5-8(14)11-2-12-9(5)19/h2-4,6-7,10,15-17H,1H2,(H,11,12,19)/t4?,6-,7?,10?/m0/s1. The van der Waals surface area contributed by atoms with Crippen LogP contribution in [-0.2, 0) is 4.74 Å². The molecule has 2 aromatic rings. The highest BCUT2D eigenvalue weighted by Gasteiger charge is 2.43. The van der Waals surface area contributed by atoms with Gasteiger partial charge in [0.05, 0.1) is 19.3 Å². The summed E-state index contributed by atoms with van der Waals surface area (Å²) >= 11 is 5.04. The van der Waals surface area contributed by atoms with Crippen LogP contribution in [0.25, 0.3) is 11.2 Å². The summed E-state index contributed by atoms with van der Waals surface area (Å²) in [6.07, 6.45) is -1.13. The molecule has 1 aliphatic heterocycles. The first-order valence-electron chi connectivity index (χ1n) is 5.66. The van der Waals surface area contributed by atoms with Crippen molar-refractivity contribution in [3.8, 4) is 0 Å². The molecular weight excluding hydrogens is 272 g/mol. The van der Waals surface area contributed by atoms with Crippen LogP contribution in [0.4, 0.5) is 0 Å². The molecule has 3 rings (SSSR count). The maximum atomic E-state index is 9.97. The molecule has 2 aromatic heterocycles. The van der Waals surface area contributed by atoms with Crippen LogP contribution in [0, 0.1) is 4.64 Å². The van der Waals surface area contributed by atoms with E-state index in [2.05, 4.69) is 15.0 Å². The SMILES string of the molecule is OCC1OC(n2cnc3c(=S)nc[nH]c32)C(O)[C@H]1O. The minimum Gasteiger partial charge on any atom is -0.394 e. The fraction of sp³-hybridized carbons (Fsp3) is 0.500. The Morgan fingerprint density at radius 1 is 1.37 bits per heavy atom. The van der Waals surface area contributed by atoms with Gasteiger partial charge in [0.1, 0.15) is 29.5 Å². The van der Waals surface area contributed by atoms with Crippen molar-refractivity contribution in [1.82, 2.24) is 19.5 Å². The van der Waals surface area contributed by atoms with E-state index in [9.17, 15) is 10.2 Å². The molecule has 1 fully saturated rings. The van der Waals surface area contributed by atoms with E-state index in [4.69, 9.17) is 22.1 Å². The van der Waals surface area contributed by atoms with E-state index in [-0.39, 0.29) is 6.61 Å². The predicted molar refractivity (Wildman–Crippen MR) is 65.7 cm³/mol. The highest BCUT2D eigenvalue weighted by Crippen LogP contribution is 2.30. The highest BCUT2D eigenvalue weighted by atomic mass is 32.1. The van der Waals surface area contributed by atoms with Crippen molar-refractivity contribution >= 4 is 23.4 Å². The molecule has 0 bridgehead atoms. The molecule has 0 aliphatic carbocycles. The van der Waals surface area contributed by atoms with Gasteiger partial charge in [-0.25, -0.2) is 9.97 Å². The topological polar surface area (TPSA) is 116 Å². The van der Waals surface area contributed by atoms with Crippen LogP contribution in [-0.4, -0.2) is 59.8 Å². The van der Waals surface area contributed by atoms with Gasteiger partial charge < -0.3 is 25.0 Å². The average molecular weight is 284 g/mol. The molecule has 0 radical (unpaired) electrons. The zero-order chi connectivity index (χ0) is 13.6. The van der Waals surface area contributed by atoms with Crippen molar-refractivity contribution in [2.75, 3.05) is 6.61 Å². The maximum Gasteiger partial charge on any atom is 0.165 e. The summed E-state index contributed by atoms with van der Waals surface area (Å²) in [5.74, 6) is 0. The van der Waals surface area contributed by atoms with E-state index in [1.807, 2.05) is 0 Å². The lowest BCUT2D eigenvalue weighted by molar-refractivity contribution is -0.0511. The van der Waals surface area contributed by atoms with Crippen molar-refractivity contribution in [1.29, 1.82) is 0 Å². The molecular formula is C10H12N4O4S. The molecule has 0 spiro atoms. The summed E-state index contributed by atoms with van der Waals surface area (Å²) in [6.45, 7) is -0.376. The summed E-state index contributed by atoms with van der Waals surface area (Å²) in [5.41, 5.74) is 1.02. The van der Waals surface area contributed by atoms with Crippen molar-refractivity contribution < 1.29 is 20.1 Å². The Labute approximate surface area is 112 Å². The van der Waals surface area contributed by atoms with Gasteiger partial charge in [-0.2, -0.15) is 0 Å². The van der Waals surface area contributed by atoms with Crippen molar-refractivity contribution in [2.45, 2.75) is 24.5 Å².